The van der Waals surface area contributed by atoms with E-state index in [1.54, 1.807) is 0 Å². The van der Waals surface area contributed by atoms with Gasteiger partial charge in [0.05, 0.1) is 12.2 Å². The maximum Gasteiger partial charge on any atom is 0.0707 e. The summed E-state index contributed by atoms with van der Waals surface area (Å²) in [4.78, 5) is 3.98. The Hall–Kier alpha value is -0.420. The minimum atomic E-state index is 0.395. The van der Waals surface area contributed by atoms with E-state index < -0.39 is 0 Å². The molecule has 1 aromatic rings. The van der Waals surface area contributed by atoms with Gasteiger partial charge in [-0.15, -0.1) is 11.3 Å². The van der Waals surface area contributed by atoms with Gasteiger partial charge >= 0.3 is 0 Å². The minimum absolute atomic E-state index is 0.395. The predicted octanol–water partition coefficient (Wildman–Crippen LogP) is 3.50. The molecule has 1 aliphatic heterocycles. The Bertz CT molecular complexity index is 392. The first-order valence-electron chi connectivity index (χ1n) is 8.20. The van der Waals surface area contributed by atoms with Crippen LogP contribution in [0.2, 0.25) is 0 Å². The van der Waals surface area contributed by atoms with E-state index in [2.05, 4.69) is 55.4 Å². The summed E-state index contributed by atoms with van der Waals surface area (Å²) < 4.78 is 6.21. The lowest BCUT2D eigenvalue weighted by Crippen LogP contribution is -2.38. The fourth-order valence-corrected chi connectivity index (χ4v) is 3.48. The smallest absolute Gasteiger partial charge is 0.0707 e. The molecular weight excluding hydrogens is 280 g/mol. The first kappa shape index (κ1) is 16.9. The van der Waals surface area contributed by atoms with E-state index in [4.69, 9.17) is 4.74 Å². The number of ether oxygens (including phenoxy) is 1. The van der Waals surface area contributed by atoms with Crippen molar-refractivity contribution >= 4 is 11.3 Å². The number of hydrogen-bond donors (Lipinski definition) is 1. The van der Waals surface area contributed by atoms with Crippen LogP contribution in [0.5, 0.6) is 0 Å². The van der Waals surface area contributed by atoms with E-state index in [1.807, 2.05) is 11.3 Å². The Labute approximate surface area is 133 Å². The maximum atomic E-state index is 6.21. The number of nitrogens with one attached hydrogen (secondary N) is 1. The Morgan fingerprint density at radius 1 is 1.29 bits per heavy atom. The Balaban J connectivity index is 1.79. The predicted molar refractivity (Wildman–Crippen MR) is 90.9 cm³/mol. The molecule has 0 aliphatic carbocycles. The number of hydrogen-bond acceptors (Lipinski definition) is 4. The molecule has 1 saturated heterocycles. The summed E-state index contributed by atoms with van der Waals surface area (Å²) in [6.07, 6.45) is 3.17. The molecule has 120 valence electrons. The third-order valence-electron chi connectivity index (χ3n) is 4.06. The molecule has 4 heteroatoms. The standard InChI is InChI=1S/C17H30N2OS/c1-13(2)18-10-15-7-8-16(20-15)11-19(14(3)4)12-17-6-5-9-21-17/h5-6,9,13-16,18H,7-8,10-12H2,1-4H3. The molecule has 2 unspecified atom stereocenters. The molecule has 2 atom stereocenters. The van der Waals surface area contributed by atoms with Crippen LogP contribution in [-0.2, 0) is 11.3 Å². The third-order valence-corrected chi connectivity index (χ3v) is 4.92. The fraction of sp³-hybridized carbons (Fsp3) is 0.765. The van der Waals surface area contributed by atoms with Crippen molar-refractivity contribution < 1.29 is 4.74 Å². The average molecular weight is 311 g/mol. The van der Waals surface area contributed by atoms with Gasteiger partial charge < -0.3 is 10.1 Å². The second-order valence-electron chi connectivity index (χ2n) is 6.62. The van der Waals surface area contributed by atoms with Crippen LogP contribution in [0, 0.1) is 0 Å². The molecule has 0 saturated carbocycles. The lowest BCUT2D eigenvalue weighted by Gasteiger charge is -2.28. The topological polar surface area (TPSA) is 24.5 Å². The van der Waals surface area contributed by atoms with Gasteiger partial charge in [0.2, 0.25) is 0 Å². The fourth-order valence-electron chi connectivity index (χ4n) is 2.75. The van der Waals surface area contributed by atoms with Crippen LogP contribution in [0.4, 0.5) is 0 Å². The largest absolute Gasteiger partial charge is 0.372 e. The number of thiophene rings is 1. The van der Waals surface area contributed by atoms with Crippen molar-refractivity contribution in [2.75, 3.05) is 13.1 Å². The molecule has 2 rings (SSSR count). The van der Waals surface area contributed by atoms with Crippen molar-refractivity contribution in [1.82, 2.24) is 10.2 Å². The molecule has 21 heavy (non-hydrogen) atoms. The Morgan fingerprint density at radius 3 is 2.67 bits per heavy atom. The first-order chi connectivity index (χ1) is 10.0. The van der Waals surface area contributed by atoms with Gasteiger partial charge in [-0.1, -0.05) is 19.9 Å². The molecule has 0 bridgehead atoms. The van der Waals surface area contributed by atoms with Gasteiger partial charge in [0.25, 0.3) is 0 Å². The monoisotopic (exact) mass is 310 g/mol. The molecule has 3 nitrogen and oxygen atoms in total. The van der Waals surface area contributed by atoms with Gasteiger partial charge in [-0.3, -0.25) is 4.90 Å². The number of nitrogens with zero attached hydrogens (tertiary/aromatic N) is 1. The van der Waals surface area contributed by atoms with E-state index in [9.17, 15) is 0 Å². The summed E-state index contributed by atoms with van der Waals surface area (Å²) in [5.74, 6) is 0. The zero-order valence-corrected chi connectivity index (χ0v) is 14.7. The Morgan fingerprint density at radius 2 is 2.05 bits per heavy atom. The highest BCUT2D eigenvalue weighted by Crippen LogP contribution is 2.22. The van der Waals surface area contributed by atoms with Gasteiger partial charge in [-0.25, -0.2) is 0 Å². The van der Waals surface area contributed by atoms with E-state index in [0.29, 0.717) is 24.3 Å². The minimum Gasteiger partial charge on any atom is -0.372 e. The number of rotatable bonds is 8. The quantitative estimate of drug-likeness (QED) is 0.795. The van der Waals surface area contributed by atoms with E-state index in [0.717, 1.165) is 19.6 Å². The normalized spacial score (nSPS) is 22.8. The SMILES string of the molecule is CC(C)NCC1CCC(CN(Cc2cccs2)C(C)C)O1. The van der Waals surface area contributed by atoms with Crippen LogP contribution in [-0.4, -0.2) is 42.3 Å². The molecule has 2 heterocycles. The molecular formula is C17H30N2OS. The van der Waals surface area contributed by atoms with Crippen molar-refractivity contribution in [2.45, 2.75) is 71.4 Å². The first-order valence-corrected chi connectivity index (χ1v) is 9.08. The van der Waals surface area contributed by atoms with Crippen LogP contribution in [0.25, 0.3) is 0 Å². The van der Waals surface area contributed by atoms with Gasteiger partial charge in [-0.05, 0) is 38.1 Å². The molecule has 1 aliphatic rings. The molecule has 0 amide bonds. The molecule has 1 aromatic heterocycles. The van der Waals surface area contributed by atoms with E-state index in [1.165, 1.54) is 17.7 Å². The van der Waals surface area contributed by atoms with Crippen LogP contribution in [0.3, 0.4) is 0 Å². The highest BCUT2D eigenvalue weighted by Gasteiger charge is 2.27. The van der Waals surface area contributed by atoms with Crippen LogP contribution in [0.1, 0.15) is 45.4 Å². The summed E-state index contributed by atoms with van der Waals surface area (Å²) in [6, 6.07) is 5.46. The van der Waals surface area contributed by atoms with Crippen molar-refractivity contribution in [3.63, 3.8) is 0 Å². The summed E-state index contributed by atoms with van der Waals surface area (Å²) in [6.45, 7) is 12.0. The van der Waals surface area contributed by atoms with Crippen molar-refractivity contribution in [1.29, 1.82) is 0 Å². The van der Waals surface area contributed by atoms with Crippen LogP contribution in [0.15, 0.2) is 17.5 Å². The maximum absolute atomic E-state index is 6.21. The van der Waals surface area contributed by atoms with E-state index >= 15 is 0 Å². The zero-order valence-electron chi connectivity index (χ0n) is 13.8. The second kappa shape index (κ2) is 8.28. The van der Waals surface area contributed by atoms with Crippen molar-refractivity contribution in [2.24, 2.45) is 0 Å². The second-order valence-corrected chi connectivity index (χ2v) is 7.66. The third kappa shape index (κ3) is 5.70. The van der Waals surface area contributed by atoms with Crippen LogP contribution >= 0.6 is 11.3 Å². The lowest BCUT2D eigenvalue weighted by atomic mass is 10.1. The highest BCUT2D eigenvalue weighted by molar-refractivity contribution is 7.09. The molecule has 0 spiro atoms. The van der Waals surface area contributed by atoms with Gasteiger partial charge in [-0.2, -0.15) is 0 Å². The summed E-state index contributed by atoms with van der Waals surface area (Å²) >= 11 is 1.85. The van der Waals surface area contributed by atoms with Gasteiger partial charge in [0.1, 0.15) is 0 Å². The van der Waals surface area contributed by atoms with E-state index in [-0.39, 0.29) is 0 Å². The molecule has 0 radical (unpaired) electrons. The van der Waals surface area contributed by atoms with Gasteiger partial charge in [0, 0.05) is 36.6 Å². The van der Waals surface area contributed by atoms with Crippen molar-refractivity contribution in [3.8, 4) is 0 Å². The summed E-state index contributed by atoms with van der Waals surface area (Å²) in [5.41, 5.74) is 0. The van der Waals surface area contributed by atoms with Gasteiger partial charge in [0.15, 0.2) is 0 Å². The highest BCUT2D eigenvalue weighted by atomic mass is 32.1. The van der Waals surface area contributed by atoms with Crippen LogP contribution < -0.4 is 5.32 Å². The summed E-state index contributed by atoms with van der Waals surface area (Å²) in [7, 11) is 0. The van der Waals surface area contributed by atoms with Crippen molar-refractivity contribution in [3.05, 3.63) is 22.4 Å². The molecule has 1 fully saturated rings. The zero-order chi connectivity index (χ0) is 15.2. The molecule has 1 N–H and O–H groups in total. The summed E-state index contributed by atoms with van der Waals surface area (Å²) in [5, 5.41) is 5.64. The lowest BCUT2D eigenvalue weighted by molar-refractivity contribution is 0.0149. The Kier molecular flexibility index (Phi) is 6.68. The molecule has 0 aromatic carbocycles. The average Bonchev–Trinajstić information content (AvgIpc) is 3.07.